The monoisotopic (exact) mass is 273 g/mol. The summed E-state index contributed by atoms with van der Waals surface area (Å²) in [5, 5.41) is 9.06. The van der Waals surface area contributed by atoms with Gasteiger partial charge < -0.3 is 9.84 Å². The first-order valence-corrected chi connectivity index (χ1v) is 7.08. The number of hydrogen-bond donors (Lipinski definition) is 2. The third kappa shape index (κ3) is 3.78. The van der Waals surface area contributed by atoms with Gasteiger partial charge in [-0.2, -0.15) is 0 Å². The molecule has 0 aliphatic carbocycles. The van der Waals surface area contributed by atoms with Crippen LogP contribution in [0, 0.1) is 13.8 Å². The van der Waals surface area contributed by atoms with E-state index in [2.05, 4.69) is 4.72 Å². The Morgan fingerprint density at radius 2 is 2.00 bits per heavy atom. The maximum Gasteiger partial charge on any atom is 0.240 e. The zero-order chi connectivity index (χ0) is 13.8. The van der Waals surface area contributed by atoms with Gasteiger partial charge in [-0.15, -0.1) is 0 Å². The van der Waals surface area contributed by atoms with Crippen molar-refractivity contribution in [3.05, 3.63) is 29.3 Å². The lowest BCUT2D eigenvalue weighted by Gasteiger charge is -2.16. The Kier molecular flexibility index (Phi) is 5.28. The summed E-state index contributed by atoms with van der Waals surface area (Å²) in [6.45, 7) is 3.59. The molecule has 0 bridgehead atoms. The van der Waals surface area contributed by atoms with E-state index in [9.17, 15) is 8.42 Å². The molecule has 0 fully saturated rings. The quantitative estimate of drug-likeness (QED) is 0.795. The molecule has 0 aliphatic heterocycles. The molecule has 0 aliphatic rings. The molecule has 0 saturated heterocycles. The molecule has 0 heterocycles. The molecule has 0 spiro atoms. The standard InChI is InChI=1S/C12H19NO4S/c1-9-4-5-12(6-10(9)2)18(15,16)13-11(7-14)8-17-3/h4-6,11,13-14H,7-8H2,1-3H3. The van der Waals surface area contributed by atoms with E-state index in [1.807, 2.05) is 13.8 Å². The summed E-state index contributed by atoms with van der Waals surface area (Å²) in [7, 11) is -2.17. The molecule has 1 rings (SSSR count). The lowest BCUT2D eigenvalue weighted by molar-refractivity contribution is 0.139. The van der Waals surface area contributed by atoms with Crippen LogP contribution in [-0.2, 0) is 14.8 Å². The van der Waals surface area contributed by atoms with Crippen molar-refractivity contribution in [3.8, 4) is 0 Å². The van der Waals surface area contributed by atoms with E-state index < -0.39 is 16.1 Å². The lowest BCUT2D eigenvalue weighted by Crippen LogP contribution is -2.40. The number of rotatable bonds is 6. The van der Waals surface area contributed by atoms with Gasteiger partial charge in [0.1, 0.15) is 0 Å². The fourth-order valence-corrected chi connectivity index (χ4v) is 2.79. The molecule has 0 saturated carbocycles. The van der Waals surface area contributed by atoms with Gasteiger partial charge in [-0.05, 0) is 37.1 Å². The smallest absolute Gasteiger partial charge is 0.240 e. The molecule has 0 aromatic heterocycles. The van der Waals surface area contributed by atoms with Gasteiger partial charge in [0.25, 0.3) is 0 Å². The first-order chi connectivity index (χ1) is 8.40. The van der Waals surface area contributed by atoms with Crippen molar-refractivity contribution in [2.75, 3.05) is 20.3 Å². The first kappa shape index (κ1) is 15.1. The molecule has 102 valence electrons. The lowest BCUT2D eigenvalue weighted by atomic mass is 10.1. The molecular formula is C12H19NO4S. The fraction of sp³-hybridized carbons (Fsp3) is 0.500. The minimum atomic E-state index is -3.62. The van der Waals surface area contributed by atoms with Gasteiger partial charge >= 0.3 is 0 Å². The van der Waals surface area contributed by atoms with Crippen LogP contribution in [0.1, 0.15) is 11.1 Å². The van der Waals surface area contributed by atoms with E-state index in [4.69, 9.17) is 9.84 Å². The summed E-state index contributed by atoms with van der Waals surface area (Å²) >= 11 is 0. The van der Waals surface area contributed by atoms with E-state index in [0.29, 0.717) is 0 Å². The van der Waals surface area contributed by atoms with Gasteiger partial charge in [-0.3, -0.25) is 0 Å². The number of sulfonamides is 1. The molecule has 1 aromatic rings. The molecule has 1 unspecified atom stereocenters. The Bertz CT molecular complexity index is 499. The van der Waals surface area contributed by atoms with Crippen LogP contribution in [0.5, 0.6) is 0 Å². The van der Waals surface area contributed by atoms with Crippen molar-refractivity contribution in [3.63, 3.8) is 0 Å². The zero-order valence-electron chi connectivity index (χ0n) is 10.8. The van der Waals surface area contributed by atoms with Crippen LogP contribution < -0.4 is 4.72 Å². The van der Waals surface area contributed by atoms with Gasteiger partial charge in [-0.1, -0.05) is 6.07 Å². The molecule has 5 nitrogen and oxygen atoms in total. The third-order valence-corrected chi connectivity index (χ3v) is 4.22. The second-order valence-electron chi connectivity index (χ2n) is 4.20. The predicted octanol–water partition coefficient (Wildman–Crippen LogP) is 0.589. The SMILES string of the molecule is COCC(CO)NS(=O)(=O)c1ccc(C)c(C)c1. The molecular weight excluding hydrogens is 254 g/mol. The van der Waals surface area contributed by atoms with E-state index in [-0.39, 0.29) is 18.1 Å². The maximum atomic E-state index is 12.1. The fourth-order valence-electron chi connectivity index (χ4n) is 1.49. The molecule has 2 N–H and O–H groups in total. The highest BCUT2D eigenvalue weighted by molar-refractivity contribution is 7.89. The number of aryl methyl sites for hydroxylation is 2. The second-order valence-corrected chi connectivity index (χ2v) is 5.92. The summed E-state index contributed by atoms with van der Waals surface area (Å²) in [6, 6.07) is 4.28. The second kappa shape index (κ2) is 6.29. The van der Waals surface area contributed by atoms with Crippen molar-refractivity contribution in [2.24, 2.45) is 0 Å². The number of aliphatic hydroxyl groups excluding tert-OH is 1. The van der Waals surface area contributed by atoms with Gasteiger partial charge in [0.05, 0.1) is 24.2 Å². The van der Waals surface area contributed by atoms with Crippen molar-refractivity contribution >= 4 is 10.0 Å². The topological polar surface area (TPSA) is 75.6 Å². The molecule has 0 amide bonds. The third-order valence-electron chi connectivity index (χ3n) is 2.70. The number of nitrogens with one attached hydrogen (secondary N) is 1. The first-order valence-electron chi connectivity index (χ1n) is 5.60. The number of ether oxygens (including phenoxy) is 1. The number of aliphatic hydroxyl groups is 1. The van der Waals surface area contributed by atoms with Crippen LogP contribution in [-0.4, -0.2) is 39.9 Å². The van der Waals surface area contributed by atoms with Gasteiger partial charge in [0.2, 0.25) is 10.0 Å². The van der Waals surface area contributed by atoms with Gasteiger partial charge in [-0.25, -0.2) is 13.1 Å². The average molecular weight is 273 g/mol. The van der Waals surface area contributed by atoms with E-state index in [0.717, 1.165) is 11.1 Å². The molecule has 0 radical (unpaired) electrons. The van der Waals surface area contributed by atoms with Crippen LogP contribution in [0.4, 0.5) is 0 Å². The van der Waals surface area contributed by atoms with Crippen LogP contribution >= 0.6 is 0 Å². The summed E-state index contributed by atoms with van der Waals surface area (Å²) < 4.78 is 31.4. The summed E-state index contributed by atoms with van der Waals surface area (Å²) in [4.78, 5) is 0.195. The summed E-state index contributed by atoms with van der Waals surface area (Å²) in [5.41, 5.74) is 1.94. The Balaban J connectivity index is 2.95. The number of methoxy groups -OCH3 is 1. The minimum Gasteiger partial charge on any atom is -0.395 e. The highest BCUT2D eigenvalue weighted by Crippen LogP contribution is 2.14. The molecule has 1 atom stereocenters. The normalized spacial score (nSPS) is 13.6. The number of hydrogen-bond acceptors (Lipinski definition) is 4. The molecule has 6 heteroatoms. The Labute approximate surface area is 108 Å². The highest BCUT2D eigenvalue weighted by Gasteiger charge is 2.19. The van der Waals surface area contributed by atoms with Crippen molar-refractivity contribution in [2.45, 2.75) is 24.8 Å². The summed E-state index contributed by atoms with van der Waals surface area (Å²) in [6.07, 6.45) is 0. The van der Waals surface area contributed by atoms with E-state index >= 15 is 0 Å². The summed E-state index contributed by atoms with van der Waals surface area (Å²) in [5.74, 6) is 0. The molecule has 1 aromatic carbocycles. The van der Waals surface area contributed by atoms with Crippen LogP contribution in [0.2, 0.25) is 0 Å². The predicted molar refractivity (Wildman–Crippen MR) is 69.0 cm³/mol. The minimum absolute atomic E-state index is 0.126. The van der Waals surface area contributed by atoms with Gasteiger partial charge in [0.15, 0.2) is 0 Å². The Morgan fingerprint density at radius 1 is 1.33 bits per heavy atom. The average Bonchev–Trinajstić information content (AvgIpc) is 2.31. The van der Waals surface area contributed by atoms with Gasteiger partial charge in [0, 0.05) is 7.11 Å². The van der Waals surface area contributed by atoms with Crippen LogP contribution in [0.25, 0.3) is 0 Å². The maximum absolute atomic E-state index is 12.1. The largest absolute Gasteiger partial charge is 0.395 e. The van der Waals surface area contributed by atoms with Crippen LogP contribution in [0.15, 0.2) is 23.1 Å². The van der Waals surface area contributed by atoms with E-state index in [1.165, 1.54) is 7.11 Å². The highest BCUT2D eigenvalue weighted by atomic mass is 32.2. The molecule has 18 heavy (non-hydrogen) atoms. The Morgan fingerprint density at radius 3 is 2.50 bits per heavy atom. The van der Waals surface area contributed by atoms with Crippen molar-refractivity contribution in [1.29, 1.82) is 0 Å². The van der Waals surface area contributed by atoms with Crippen LogP contribution in [0.3, 0.4) is 0 Å². The zero-order valence-corrected chi connectivity index (χ0v) is 11.6. The van der Waals surface area contributed by atoms with Crippen molar-refractivity contribution < 1.29 is 18.3 Å². The Hall–Kier alpha value is -0.950. The van der Waals surface area contributed by atoms with Crippen molar-refractivity contribution in [1.82, 2.24) is 4.72 Å². The van der Waals surface area contributed by atoms with E-state index in [1.54, 1.807) is 18.2 Å². The number of benzene rings is 1.